The second-order valence-electron chi connectivity index (χ2n) is 9.44. The molecule has 3 aromatic carbocycles. The highest BCUT2D eigenvalue weighted by molar-refractivity contribution is 6.12. The first-order valence-electron chi connectivity index (χ1n) is 11.6. The van der Waals surface area contributed by atoms with Crippen LogP contribution >= 0.6 is 0 Å². The molecular weight excluding hydrogens is 397 g/mol. The predicted molar refractivity (Wildman–Crippen MR) is 130 cm³/mol. The molecule has 0 atom stereocenters. The molecule has 5 aromatic rings. The van der Waals surface area contributed by atoms with E-state index in [4.69, 9.17) is 9.40 Å². The fraction of sp³-hybridized carbons (Fsp3) is 0.276. The van der Waals surface area contributed by atoms with Gasteiger partial charge >= 0.3 is 0 Å². The summed E-state index contributed by atoms with van der Waals surface area (Å²) in [5, 5.41) is 4.08. The number of aromatic nitrogens is 1. The van der Waals surface area contributed by atoms with Gasteiger partial charge in [0.15, 0.2) is 0 Å². The zero-order valence-electron chi connectivity index (χ0n) is 18.5. The molecule has 2 heterocycles. The van der Waals surface area contributed by atoms with Crippen molar-refractivity contribution in [3.05, 3.63) is 77.7 Å². The van der Waals surface area contributed by atoms with Gasteiger partial charge in [0, 0.05) is 33.3 Å². The molecule has 32 heavy (non-hydrogen) atoms. The Hall–Kier alpha value is -3.20. The van der Waals surface area contributed by atoms with Crippen molar-refractivity contribution < 1.29 is 8.81 Å². The van der Waals surface area contributed by atoms with Crippen molar-refractivity contribution in [2.24, 2.45) is 0 Å². The minimum Gasteiger partial charge on any atom is -0.455 e. The number of furan rings is 1. The standard InChI is InChI=1S/C29H26FNO/c1-17(2)20-13-24-22-9-5-6-10-27(22)32-29(24)25(14-20)28-23-16-21(30)12-11-19(23)15-26(31-28)18-7-3-4-8-18/h5-6,9-18H,3-4,7-8H2,1-2H3. The molecule has 160 valence electrons. The van der Waals surface area contributed by atoms with Crippen LogP contribution in [0.1, 0.15) is 62.6 Å². The van der Waals surface area contributed by atoms with Crippen LogP contribution in [0.4, 0.5) is 4.39 Å². The second-order valence-corrected chi connectivity index (χ2v) is 9.44. The van der Waals surface area contributed by atoms with Gasteiger partial charge in [0.1, 0.15) is 17.0 Å². The van der Waals surface area contributed by atoms with Crippen LogP contribution in [0, 0.1) is 5.82 Å². The van der Waals surface area contributed by atoms with Crippen molar-refractivity contribution in [2.45, 2.75) is 51.4 Å². The first-order valence-corrected chi connectivity index (χ1v) is 11.6. The lowest BCUT2D eigenvalue weighted by atomic mass is 9.93. The first-order chi connectivity index (χ1) is 15.6. The highest BCUT2D eigenvalue weighted by atomic mass is 19.1. The summed E-state index contributed by atoms with van der Waals surface area (Å²) in [4.78, 5) is 5.19. The summed E-state index contributed by atoms with van der Waals surface area (Å²) < 4.78 is 20.8. The molecule has 6 rings (SSSR count). The summed E-state index contributed by atoms with van der Waals surface area (Å²) >= 11 is 0. The Morgan fingerprint density at radius 1 is 0.906 bits per heavy atom. The Bertz CT molecular complexity index is 1470. The van der Waals surface area contributed by atoms with E-state index < -0.39 is 0 Å². The average molecular weight is 424 g/mol. The summed E-state index contributed by atoms with van der Waals surface area (Å²) in [5.74, 6) is 0.588. The quantitative estimate of drug-likeness (QED) is 0.290. The number of fused-ring (bicyclic) bond motifs is 4. The number of hydrogen-bond acceptors (Lipinski definition) is 2. The van der Waals surface area contributed by atoms with Gasteiger partial charge in [-0.15, -0.1) is 0 Å². The van der Waals surface area contributed by atoms with Gasteiger partial charge in [-0.05, 0) is 66.1 Å². The molecular formula is C29H26FNO. The zero-order valence-corrected chi connectivity index (χ0v) is 18.5. The number of rotatable bonds is 3. The molecule has 0 amide bonds. The number of nitrogens with zero attached hydrogens (tertiary/aromatic N) is 1. The maximum Gasteiger partial charge on any atom is 0.144 e. The van der Waals surface area contributed by atoms with Gasteiger partial charge in [-0.1, -0.05) is 51.0 Å². The van der Waals surface area contributed by atoms with Crippen molar-refractivity contribution in [2.75, 3.05) is 0 Å². The minimum atomic E-state index is -0.241. The number of halogens is 1. The SMILES string of the molecule is CC(C)c1cc(-c2nc(C3CCCC3)cc3ccc(F)cc23)c2oc3ccccc3c2c1. The van der Waals surface area contributed by atoms with Crippen LogP contribution in [0.25, 0.3) is 44.0 Å². The van der Waals surface area contributed by atoms with Gasteiger partial charge in [-0.25, -0.2) is 4.39 Å². The van der Waals surface area contributed by atoms with Crippen LogP contribution < -0.4 is 0 Å². The van der Waals surface area contributed by atoms with Crippen LogP contribution in [0.5, 0.6) is 0 Å². The van der Waals surface area contributed by atoms with E-state index in [-0.39, 0.29) is 5.82 Å². The van der Waals surface area contributed by atoms with E-state index in [1.807, 2.05) is 24.3 Å². The third kappa shape index (κ3) is 3.10. The summed E-state index contributed by atoms with van der Waals surface area (Å²) in [6, 6.07) is 19.8. The van der Waals surface area contributed by atoms with E-state index >= 15 is 0 Å². The van der Waals surface area contributed by atoms with Crippen LogP contribution in [0.3, 0.4) is 0 Å². The molecule has 0 radical (unpaired) electrons. The Morgan fingerprint density at radius 3 is 2.53 bits per heavy atom. The van der Waals surface area contributed by atoms with E-state index in [1.165, 1.54) is 31.2 Å². The maximum atomic E-state index is 14.4. The summed E-state index contributed by atoms with van der Waals surface area (Å²) in [6.07, 6.45) is 4.84. The van der Waals surface area contributed by atoms with Gasteiger partial charge in [0.25, 0.3) is 0 Å². The molecule has 2 nitrogen and oxygen atoms in total. The normalized spacial score (nSPS) is 15.0. The summed E-state index contributed by atoms with van der Waals surface area (Å²) in [5.41, 5.74) is 5.84. The van der Waals surface area contributed by atoms with Crippen LogP contribution in [0.15, 0.2) is 65.1 Å². The first kappa shape index (κ1) is 19.5. The minimum absolute atomic E-state index is 0.241. The van der Waals surface area contributed by atoms with Gasteiger partial charge in [-0.2, -0.15) is 0 Å². The van der Waals surface area contributed by atoms with Crippen molar-refractivity contribution in [1.82, 2.24) is 4.98 Å². The maximum absolute atomic E-state index is 14.4. The molecule has 0 aliphatic heterocycles. The molecule has 0 spiro atoms. The summed E-state index contributed by atoms with van der Waals surface area (Å²) in [7, 11) is 0. The van der Waals surface area contributed by atoms with Gasteiger partial charge in [0.05, 0.1) is 5.69 Å². The van der Waals surface area contributed by atoms with Gasteiger partial charge in [0.2, 0.25) is 0 Å². The largest absolute Gasteiger partial charge is 0.455 e. The Kier molecular flexibility index (Phi) is 4.53. The molecule has 0 bridgehead atoms. The highest BCUT2D eigenvalue weighted by Crippen LogP contribution is 2.42. The van der Waals surface area contributed by atoms with Crippen LogP contribution in [0.2, 0.25) is 0 Å². The third-order valence-corrected chi connectivity index (χ3v) is 7.01. The van der Waals surface area contributed by atoms with E-state index in [1.54, 1.807) is 12.1 Å². The molecule has 1 fully saturated rings. The molecule has 0 unspecified atom stereocenters. The Labute approximate surface area is 187 Å². The van der Waals surface area contributed by atoms with Gasteiger partial charge < -0.3 is 4.42 Å². The van der Waals surface area contributed by atoms with Crippen molar-refractivity contribution >= 4 is 32.7 Å². The Balaban J connectivity index is 1.72. The molecule has 0 saturated heterocycles. The predicted octanol–water partition coefficient (Wildman–Crippen LogP) is 8.72. The second kappa shape index (κ2) is 7.44. The average Bonchev–Trinajstić information content (AvgIpc) is 3.46. The Morgan fingerprint density at radius 2 is 1.72 bits per heavy atom. The molecule has 1 aliphatic rings. The van der Waals surface area contributed by atoms with Gasteiger partial charge in [-0.3, -0.25) is 4.98 Å². The topological polar surface area (TPSA) is 26.0 Å². The van der Waals surface area contributed by atoms with E-state index in [0.29, 0.717) is 11.8 Å². The van der Waals surface area contributed by atoms with Crippen molar-refractivity contribution in [1.29, 1.82) is 0 Å². The molecule has 2 aromatic heterocycles. The van der Waals surface area contributed by atoms with E-state index in [2.05, 4.69) is 38.1 Å². The lowest BCUT2D eigenvalue weighted by Crippen LogP contribution is -2.00. The molecule has 1 aliphatic carbocycles. The third-order valence-electron chi connectivity index (χ3n) is 7.01. The number of pyridine rings is 1. The molecule has 3 heteroatoms. The van der Waals surface area contributed by atoms with E-state index in [0.717, 1.165) is 49.7 Å². The lowest BCUT2D eigenvalue weighted by Gasteiger charge is -2.16. The monoisotopic (exact) mass is 423 g/mol. The number of hydrogen-bond donors (Lipinski definition) is 0. The van der Waals surface area contributed by atoms with Crippen molar-refractivity contribution in [3.63, 3.8) is 0 Å². The fourth-order valence-corrected chi connectivity index (χ4v) is 5.23. The lowest BCUT2D eigenvalue weighted by molar-refractivity contribution is 0.629. The fourth-order valence-electron chi connectivity index (χ4n) is 5.23. The molecule has 0 N–H and O–H groups in total. The number of benzene rings is 3. The molecule has 1 saturated carbocycles. The van der Waals surface area contributed by atoms with Crippen LogP contribution in [-0.4, -0.2) is 4.98 Å². The van der Waals surface area contributed by atoms with Crippen LogP contribution in [-0.2, 0) is 0 Å². The highest BCUT2D eigenvalue weighted by Gasteiger charge is 2.23. The smallest absolute Gasteiger partial charge is 0.144 e. The summed E-state index contributed by atoms with van der Waals surface area (Å²) in [6.45, 7) is 4.40. The van der Waals surface area contributed by atoms with Crippen molar-refractivity contribution in [3.8, 4) is 11.3 Å². The van der Waals surface area contributed by atoms with E-state index in [9.17, 15) is 4.39 Å². The zero-order chi connectivity index (χ0) is 21.8. The number of para-hydroxylation sites is 1.